The fourth-order valence-electron chi connectivity index (χ4n) is 8.37. The second-order valence-electron chi connectivity index (χ2n) is 22.3. The Labute approximate surface area is 445 Å². The second kappa shape index (κ2) is 46.7. The highest BCUT2D eigenvalue weighted by Crippen LogP contribution is 2.18. The van der Waals surface area contributed by atoms with E-state index in [1.807, 2.05) is 0 Å². The van der Waals surface area contributed by atoms with Crippen LogP contribution in [0, 0.1) is 0 Å². The molecule has 0 saturated carbocycles. The largest absolute Gasteiger partial charge is 0.462 e. The van der Waals surface area contributed by atoms with E-state index in [0.717, 1.165) is 64.2 Å². The van der Waals surface area contributed by atoms with Gasteiger partial charge in [0, 0.05) is 50.2 Å². The highest BCUT2D eigenvalue weighted by molar-refractivity contribution is 7.99. The average Bonchev–Trinajstić information content (AvgIpc) is 3.30. The topological polar surface area (TPSA) is 163 Å². The Morgan fingerprint density at radius 3 is 1.32 bits per heavy atom. The first-order valence-corrected chi connectivity index (χ1v) is 30.5. The molecular formula is C59H110N2O10S. The first-order valence-electron chi connectivity index (χ1n) is 29.4. The van der Waals surface area contributed by atoms with Crippen LogP contribution in [-0.2, 0) is 47.7 Å². The zero-order valence-electron chi connectivity index (χ0n) is 47.6. The summed E-state index contributed by atoms with van der Waals surface area (Å²) >= 11 is 1.53. The van der Waals surface area contributed by atoms with Crippen LogP contribution in [0.3, 0.4) is 0 Å². The van der Waals surface area contributed by atoms with Gasteiger partial charge in [-0.2, -0.15) is 11.8 Å². The summed E-state index contributed by atoms with van der Waals surface area (Å²) in [5.41, 5.74) is -1.38. The van der Waals surface area contributed by atoms with Gasteiger partial charge in [0.15, 0.2) is 0 Å². The van der Waals surface area contributed by atoms with E-state index in [-0.39, 0.29) is 49.6 Å². The third kappa shape index (κ3) is 49.4. The van der Waals surface area contributed by atoms with Gasteiger partial charge in [0.25, 0.3) is 0 Å². The van der Waals surface area contributed by atoms with E-state index in [4.69, 9.17) is 18.9 Å². The first kappa shape index (κ1) is 69.2. The summed E-state index contributed by atoms with van der Waals surface area (Å²) in [5.74, 6) is -0.808. The van der Waals surface area contributed by atoms with Crippen LogP contribution in [0.4, 0.5) is 0 Å². The molecule has 0 spiro atoms. The molecule has 2 atom stereocenters. The number of nitrogens with one attached hydrogen (secondary N) is 2. The number of unbranched alkanes of at least 4 members (excludes halogenated alkanes) is 28. The van der Waals surface area contributed by atoms with E-state index in [1.54, 1.807) is 41.5 Å². The van der Waals surface area contributed by atoms with Crippen molar-refractivity contribution in [1.29, 1.82) is 0 Å². The molecule has 0 radical (unpaired) electrons. The predicted octanol–water partition coefficient (Wildman–Crippen LogP) is 14.9. The summed E-state index contributed by atoms with van der Waals surface area (Å²) in [6.45, 7) is 15.7. The fourth-order valence-corrected chi connectivity index (χ4v) is 9.30. The van der Waals surface area contributed by atoms with Gasteiger partial charge >= 0.3 is 23.9 Å². The zero-order valence-corrected chi connectivity index (χ0v) is 48.5. The Morgan fingerprint density at radius 2 is 0.861 bits per heavy atom. The monoisotopic (exact) mass is 1040 g/mol. The van der Waals surface area contributed by atoms with Crippen LogP contribution in [0.2, 0.25) is 0 Å². The summed E-state index contributed by atoms with van der Waals surface area (Å²) < 4.78 is 22.3. The Hall–Kier alpha value is -2.83. The molecule has 12 nitrogen and oxygen atoms in total. The minimum Gasteiger partial charge on any atom is -0.462 e. The third-order valence-corrected chi connectivity index (χ3v) is 13.6. The van der Waals surface area contributed by atoms with Crippen molar-refractivity contribution in [3.63, 3.8) is 0 Å². The number of rotatable bonds is 49. The predicted molar refractivity (Wildman–Crippen MR) is 297 cm³/mol. The van der Waals surface area contributed by atoms with E-state index in [1.165, 1.54) is 140 Å². The van der Waals surface area contributed by atoms with Gasteiger partial charge in [-0.1, -0.05) is 187 Å². The van der Waals surface area contributed by atoms with Gasteiger partial charge in [0.2, 0.25) is 11.8 Å². The van der Waals surface area contributed by atoms with Gasteiger partial charge in [0.05, 0.1) is 0 Å². The van der Waals surface area contributed by atoms with Crippen molar-refractivity contribution in [3.8, 4) is 0 Å². The van der Waals surface area contributed by atoms with Crippen molar-refractivity contribution in [2.45, 2.75) is 316 Å². The molecule has 2 amide bonds. The molecule has 0 aliphatic rings. The summed E-state index contributed by atoms with van der Waals surface area (Å²) in [7, 11) is 0. The molecule has 0 aromatic heterocycles. The van der Waals surface area contributed by atoms with E-state index in [9.17, 15) is 28.8 Å². The fraction of sp³-hybridized carbons (Fsp3) is 0.898. The summed E-state index contributed by atoms with van der Waals surface area (Å²) in [4.78, 5) is 76.1. The van der Waals surface area contributed by atoms with Crippen molar-refractivity contribution in [2.24, 2.45) is 0 Å². The molecule has 422 valence electrons. The maximum Gasteiger partial charge on any atom is 0.329 e. The van der Waals surface area contributed by atoms with Crippen LogP contribution in [0.25, 0.3) is 0 Å². The van der Waals surface area contributed by atoms with Gasteiger partial charge < -0.3 is 29.6 Å². The molecule has 0 heterocycles. The number of ether oxygens (including phenoxy) is 4. The van der Waals surface area contributed by atoms with Gasteiger partial charge in [-0.05, 0) is 73.6 Å². The molecule has 0 saturated heterocycles. The lowest BCUT2D eigenvalue weighted by molar-refractivity contribution is -0.160. The van der Waals surface area contributed by atoms with Crippen molar-refractivity contribution < 1.29 is 47.7 Å². The van der Waals surface area contributed by atoms with Crippen LogP contribution in [-0.4, -0.2) is 83.7 Å². The third-order valence-electron chi connectivity index (χ3n) is 12.5. The van der Waals surface area contributed by atoms with Gasteiger partial charge in [0.1, 0.15) is 30.0 Å². The molecule has 0 aromatic carbocycles. The molecule has 0 aromatic rings. The molecule has 2 N–H and O–H groups in total. The van der Waals surface area contributed by atoms with E-state index >= 15 is 0 Å². The van der Waals surface area contributed by atoms with Crippen molar-refractivity contribution in [3.05, 3.63) is 0 Å². The molecule has 1 unspecified atom stereocenters. The van der Waals surface area contributed by atoms with Crippen LogP contribution in [0.1, 0.15) is 293 Å². The molecule has 72 heavy (non-hydrogen) atoms. The smallest absolute Gasteiger partial charge is 0.329 e. The van der Waals surface area contributed by atoms with Crippen molar-refractivity contribution in [2.75, 3.05) is 24.7 Å². The second-order valence-corrected chi connectivity index (χ2v) is 23.4. The molecule has 0 rings (SSSR count). The summed E-state index contributed by atoms with van der Waals surface area (Å²) in [6, 6.07) is -0.942. The maximum absolute atomic E-state index is 12.9. The number of hydrogen-bond acceptors (Lipinski definition) is 11. The normalized spacial score (nSPS) is 12.5. The van der Waals surface area contributed by atoms with Gasteiger partial charge in [-0.15, -0.1) is 0 Å². The van der Waals surface area contributed by atoms with Crippen molar-refractivity contribution >= 4 is 47.5 Å². The van der Waals surface area contributed by atoms with Crippen LogP contribution in [0.15, 0.2) is 0 Å². The number of carbonyl (C=O) groups excluding carboxylic acids is 6. The lowest BCUT2D eigenvalue weighted by Gasteiger charge is -2.25. The van der Waals surface area contributed by atoms with Gasteiger partial charge in [-0.3, -0.25) is 24.0 Å². The molecule has 13 heteroatoms. The Morgan fingerprint density at radius 1 is 0.444 bits per heavy atom. The molecule has 0 aliphatic heterocycles. The maximum atomic E-state index is 12.9. The Kier molecular flexibility index (Phi) is 44.8. The first-order chi connectivity index (χ1) is 34.5. The number of carbonyl (C=O) groups is 6. The average molecular weight is 1040 g/mol. The van der Waals surface area contributed by atoms with E-state index in [2.05, 4.69) is 24.5 Å². The highest BCUT2D eigenvalue weighted by atomic mass is 32.2. The molecular weight excluding hydrogens is 929 g/mol. The van der Waals surface area contributed by atoms with Gasteiger partial charge in [-0.25, -0.2) is 4.79 Å². The number of hydrogen-bond donors (Lipinski definition) is 2. The Bertz CT molecular complexity index is 1380. The van der Waals surface area contributed by atoms with Crippen molar-refractivity contribution in [1.82, 2.24) is 10.6 Å². The number of amides is 2. The lowest BCUT2D eigenvalue weighted by atomic mass is 10.0. The minimum atomic E-state index is -0.942. The molecule has 0 aliphatic carbocycles. The SMILES string of the molecule is CCCCCCCCCCCCCCCC(=O)OCC(CSCCC(=O)NCCCCCCCC(=O)N[C@@H](CCC(=O)OC(C)(C)C)C(=O)OC(C)(C)C)OC(=O)CCCCCCCCCCCCCCC. The number of thioether (sulfide) groups is 1. The summed E-state index contributed by atoms with van der Waals surface area (Å²) in [6.07, 6.45) is 37.2. The lowest BCUT2D eigenvalue weighted by Crippen LogP contribution is -2.44. The van der Waals surface area contributed by atoms with Crippen LogP contribution >= 0.6 is 11.8 Å². The minimum absolute atomic E-state index is 0.0216. The van der Waals surface area contributed by atoms with Crippen LogP contribution in [0.5, 0.6) is 0 Å². The quantitative estimate of drug-likeness (QED) is 0.0339. The Balaban J connectivity index is 4.59. The molecule has 0 bridgehead atoms. The highest BCUT2D eigenvalue weighted by Gasteiger charge is 2.28. The zero-order chi connectivity index (χ0) is 53.6. The van der Waals surface area contributed by atoms with E-state index < -0.39 is 35.3 Å². The summed E-state index contributed by atoms with van der Waals surface area (Å²) in [5, 5.41) is 5.75. The van der Waals surface area contributed by atoms with E-state index in [0.29, 0.717) is 43.7 Å². The standard InChI is InChI=1S/C59H110N2O10S/c1-9-11-13-15-17-19-21-23-25-27-29-33-37-41-54(64)68-48-50(69-55(65)42-38-34-30-28-26-24-22-20-18-16-14-12-10-2)49-72-47-45-52(62)60-46-39-35-31-32-36-40-53(63)61-51(57(67)71-59(6,7)8)43-44-56(66)70-58(3,4)5/h50-51H,9-49H2,1-8H3,(H,60,62)(H,61,63)/t50?,51-/m0/s1. The number of esters is 4. The molecule has 0 fully saturated rings. The van der Waals surface area contributed by atoms with Crippen LogP contribution < -0.4 is 10.6 Å².